The summed E-state index contributed by atoms with van der Waals surface area (Å²) in [4.78, 5) is 0. The van der Waals surface area contributed by atoms with Gasteiger partial charge < -0.3 is 0 Å². The third-order valence-electron chi connectivity index (χ3n) is 0. The van der Waals surface area contributed by atoms with E-state index in [0.717, 1.165) is 0 Å². The van der Waals surface area contributed by atoms with E-state index < -0.39 is 26.5 Å². The van der Waals surface area contributed by atoms with Crippen LogP contribution in [0.2, 0.25) is 0 Å². The average molecular weight is 259 g/mol. The normalized spacial score (nSPS) is 19.8. The van der Waals surface area contributed by atoms with Gasteiger partial charge in [-0.25, -0.2) is 0 Å². The molecule has 6 atom stereocenters. The molecule has 5 heteroatoms. The van der Waals surface area contributed by atoms with E-state index >= 15 is 0 Å². The minimum atomic E-state index is -0.750. The predicted octanol–water partition coefficient (Wildman–Crippen LogP) is 3.19. The molecule has 0 saturated heterocycles. The van der Waals surface area contributed by atoms with Gasteiger partial charge in [0.05, 0.1) is 0 Å². The molecule has 0 amide bonds. The van der Waals surface area contributed by atoms with E-state index in [1.165, 1.54) is 0 Å². The molecule has 0 saturated carbocycles. The summed E-state index contributed by atoms with van der Waals surface area (Å²) in [7, 11) is 10.2. The maximum atomic E-state index is 6.21. The molecule has 0 aromatic heterocycles. The Morgan fingerprint density at radius 1 is 1.10 bits per heavy atom. The third-order valence-corrected chi connectivity index (χ3v) is 0. The number of hydrogen-bond acceptors (Lipinski definition) is 0. The van der Waals surface area contributed by atoms with Gasteiger partial charge in [-0.1, -0.05) is 33.1 Å². The van der Waals surface area contributed by atoms with Crippen molar-refractivity contribution in [1.82, 2.24) is 0 Å². The summed E-state index contributed by atoms with van der Waals surface area (Å²) < 4.78 is 55.9. The standard InChI is InChI=1S/5CH5P.3H2/c5*1-2;;;/h5*2H2,1H3;3*1H/i1TD;3*1D2;1D;3*1+1. The zero-order valence-electron chi connectivity index (χ0n) is 14.9. The highest BCUT2D eigenvalue weighted by Gasteiger charge is 0.914. The average Bonchev–Trinajstić information content (AvgIpc) is 1.97. The summed E-state index contributed by atoms with van der Waals surface area (Å²) in [5, 5.41) is 0. The fourth-order valence-electron chi connectivity index (χ4n) is 0. The van der Waals surface area contributed by atoms with Crippen LogP contribution < -0.4 is 0 Å². The summed E-state index contributed by atoms with van der Waals surface area (Å²) >= 11 is 0. The largest absolute Gasteiger partial charge is 0.141 e. The van der Waals surface area contributed by atoms with Gasteiger partial charge in [0, 0.05) is 16.6 Å². The third kappa shape index (κ3) is 184. The summed E-state index contributed by atoms with van der Waals surface area (Å²) in [5.41, 5.74) is 0. The van der Waals surface area contributed by atoms with Crippen molar-refractivity contribution in [2.24, 2.45) is 0 Å². The Labute approximate surface area is 97.0 Å². The van der Waals surface area contributed by atoms with Crippen molar-refractivity contribution in [3.63, 3.8) is 0 Å². The van der Waals surface area contributed by atoms with Gasteiger partial charge in [-0.2, -0.15) is 0 Å². The molecule has 0 aliphatic rings. The molecule has 0 N–H and O–H groups in total. The summed E-state index contributed by atoms with van der Waals surface area (Å²) in [6, 6.07) is 0. The van der Waals surface area contributed by atoms with Crippen LogP contribution in [-0.2, 0) is 0 Å². The quantitative estimate of drug-likeness (QED) is 0.586. The van der Waals surface area contributed by atoms with E-state index in [4.69, 9.17) is 12.3 Å². The van der Waals surface area contributed by atoms with E-state index in [1.54, 1.807) is 0 Å². The van der Waals surface area contributed by atoms with Gasteiger partial charge in [-0.05, 0) is 0 Å². The minimum Gasteiger partial charge on any atom is -0.141 e. The van der Waals surface area contributed by atoms with Crippen LogP contribution in [0.3, 0.4) is 0 Å². The SMILES string of the molecule is [2HH].[2HH].[2HH].[2H]C([2H])P.[2H]C([2H])P.[2H]C([2H])P.[2H]C([3H])P.[2H]CP. The Bertz CT molecular complexity index is 85.1. The van der Waals surface area contributed by atoms with E-state index in [2.05, 4.69) is 9.24 Å². The molecular formula is C5H31P5. The van der Waals surface area contributed by atoms with Gasteiger partial charge in [0.1, 0.15) is 0 Å². The molecule has 0 fully saturated rings. The molecule has 0 spiro atoms. The Morgan fingerprint density at radius 3 is 1.10 bits per heavy atom. The van der Waals surface area contributed by atoms with Crippen LogP contribution in [0.1, 0.15) is 16.6 Å². The molecule has 6 unspecified atom stereocenters. The van der Waals surface area contributed by atoms with E-state index in [0.29, 0.717) is 6.64 Å². The molecule has 0 bridgehead atoms. The smallest absolute Gasteiger partial charge is 0.0274 e. The first-order chi connectivity index (χ1) is 8.34. The topological polar surface area (TPSA) is 0 Å². The zero-order valence-corrected chi connectivity index (χ0v) is 11.7. The molecule has 0 aliphatic carbocycles. The van der Waals surface area contributed by atoms with Crippen molar-refractivity contribution in [2.45, 2.75) is 0 Å². The molecule has 0 radical (unpaired) electrons. The highest BCUT2D eigenvalue weighted by molar-refractivity contribution is 7.15. The van der Waals surface area contributed by atoms with Crippen LogP contribution in [-0.4, -0.2) is 33.1 Å². The van der Waals surface area contributed by atoms with Crippen LogP contribution in [0, 0.1) is 0 Å². The lowest BCUT2D eigenvalue weighted by Crippen LogP contribution is -0.804. The second-order valence-corrected chi connectivity index (χ2v) is 0. The second kappa shape index (κ2) is 249. The summed E-state index contributed by atoms with van der Waals surface area (Å²) in [6.07, 6.45) is 0. The van der Waals surface area contributed by atoms with Crippen LogP contribution in [0.5, 0.6) is 0 Å². The van der Waals surface area contributed by atoms with Crippen LogP contribution >= 0.6 is 46.2 Å². The Morgan fingerprint density at radius 2 is 1.10 bits per heavy atom. The molecule has 0 aliphatic heterocycles. The van der Waals surface area contributed by atoms with Gasteiger partial charge >= 0.3 is 0 Å². The molecule has 0 nitrogen and oxygen atoms in total. The fraction of sp³-hybridized carbons (Fsp3) is 1.00. The highest BCUT2D eigenvalue weighted by atomic mass is 31.0. The molecule has 0 aromatic carbocycles. The van der Waals surface area contributed by atoms with Crippen LogP contribution in [0.15, 0.2) is 0 Å². The van der Waals surface area contributed by atoms with Gasteiger partial charge in [-0.15, -0.1) is 46.2 Å². The van der Waals surface area contributed by atoms with Crippen molar-refractivity contribution in [3.05, 3.63) is 0 Å². The monoisotopic (exact) mass is 259 g/mol. The fourth-order valence-corrected chi connectivity index (χ4v) is 0. The minimum absolute atomic E-state index is 0. The second-order valence-electron chi connectivity index (χ2n) is 0. The number of hydrogen-bond donors (Lipinski definition) is 0. The van der Waals surface area contributed by atoms with Crippen molar-refractivity contribution in [3.8, 4) is 0 Å². The van der Waals surface area contributed by atoms with Crippen molar-refractivity contribution >= 4 is 46.2 Å². The van der Waals surface area contributed by atoms with Crippen molar-refractivity contribution in [1.29, 1.82) is 0 Å². The Hall–Kier alpha value is 2.15. The maximum absolute atomic E-state index is 6.21. The molecule has 10 heavy (non-hydrogen) atoms. The molecule has 0 heterocycles. The first-order valence-corrected chi connectivity index (χ1v) is 5.22. The van der Waals surface area contributed by atoms with Gasteiger partial charge in [0.25, 0.3) is 0 Å². The van der Waals surface area contributed by atoms with Gasteiger partial charge in [0.2, 0.25) is 0 Å². The first-order valence-electron chi connectivity index (χ1n) is 7.07. The zero-order chi connectivity index (χ0) is 17.0. The Kier molecular flexibility index (Phi) is 144. The van der Waals surface area contributed by atoms with Crippen LogP contribution in [0.4, 0.5) is 0 Å². The molecular weight excluding hydrogens is 215 g/mol. The lowest BCUT2D eigenvalue weighted by molar-refractivity contribution is 2.52. The van der Waals surface area contributed by atoms with E-state index in [9.17, 15) is 0 Å². The number of rotatable bonds is 0. The van der Waals surface area contributed by atoms with Crippen LogP contribution in [0.25, 0.3) is 0 Å². The highest BCUT2D eigenvalue weighted by Crippen LogP contribution is 1.47. The first kappa shape index (κ1) is 5.79. The van der Waals surface area contributed by atoms with E-state index in [1.807, 2.05) is 37.0 Å². The molecule has 76 valence electrons. The lowest BCUT2D eigenvalue weighted by atomic mass is 12.0. The van der Waals surface area contributed by atoms with Gasteiger partial charge in [0.15, 0.2) is 0 Å². The molecule has 0 rings (SSSR count). The van der Waals surface area contributed by atoms with Crippen molar-refractivity contribution in [2.75, 3.05) is 33.1 Å². The Balaban J connectivity index is -0.0000000180. The predicted molar refractivity (Wildman–Crippen MR) is 84.5 cm³/mol. The van der Waals surface area contributed by atoms with Crippen molar-refractivity contribution < 1.29 is 16.6 Å². The van der Waals surface area contributed by atoms with Gasteiger partial charge in [-0.3, -0.25) is 0 Å². The van der Waals surface area contributed by atoms with E-state index in [-0.39, 0.29) is 4.28 Å². The lowest BCUT2D eigenvalue weighted by Gasteiger charge is -1.10. The summed E-state index contributed by atoms with van der Waals surface area (Å²) in [5.74, 6) is 0. The molecule has 0 aromatic rings. The summed E-state index contributed by atoms with van der Waals surface area (Å²) in [6.45, 7) is -2.58. The maximum Gasteiger partial charge on any atom is 0.0274 e.